The fourth-order valence-electron chi connectivity index (χ4n) is 3.85. The average molecular weight is 378 g/mol. The van der Waals surface area contributed by atoms with Crippen LogP contribution in [0.1, 0.15) is 24.3 Å². The Hall–Kier alpha value is -2.99. The van der Waals surface area contributed by atoms with Gasteiger partial charge in [-0.2, -0.15) is 0 Å². The number of piperidine rings is 1. The minimum absolute atomic E-state index is 0.263. The van der Waals surface area contributed by atoms with E-state index in [2.05, 4.69) is 39.8 Å². The van der Waals surface area contributed by atoms with Crippen molar-refractivity contribution in [2.24, 2.45) is 0 Å². The van der Waals surface area contributed by atoms with Crippen LogP contribution in [0.25, 0.3) is 10.9 Å². The van der Waals surface area contributed by atoms with Gasteiger partial charge in [0.25, 0.3) is 0 Å². The van der Waals surface area contributed by atoms with Crippen LogP contribution >= 0.6 is 0 Å². The molecule has 0 spiro atoms. The van der Waals surface area contributed by atoms with Crippen LogP contribution in [0, 0.1) is 0 Å². The summed E-state index contributed by atoms with van der Waals surface area (Å²) in [6, 6.07) is 13.0. The Kier molecular flexibility index (Phi) is 5.21. The van der Waals surface area contributed by atoms with Crippen LogP contribution in [0.5, 0.6) is 5.75 Å². The van der Waals surface area contributed by atoms with Crippen molar-refractivity contribution in [2.45, 2.75) is 18.8 Å². The van der Waals surface area contributed by atoms with E-state index in [1.807, 2.05) is 36.4 Å². The highest BCUT2D eigenvalue weighted by Gasteiger charge is 2.21. The van der Waals surface area contributed by atoms with E-state index in [0.717, 1.165) is 30.0 Å². The number of nitrogens with one attached hydrogen (secondary N) is 3. The number of ether oxygens (including phenoxy) is 1. The minimum atomic E-state index is -0.263. The van der Waals surface area contributed by atoms with Crippen molar-refractivity contribution in [3.05, 3.63) is 54.2 Å². The van der Waals surface area contributed by atoms with E-state index in [0.29, 0.717) is 11.6 Å². The molecule has 1 aromatic heterocycles. The quantitative estimate of drug-likeness (QED) is 0.620. The van der Waals surface area contributed by atoms with Gasteiger partial charge in [0.2, 0.25) is 0 Å². The highest BCUT2D eigenvalue weighted by molar-refractivity contribution is 6.01. The molecule has 28 heavy (non-hydrogen) atoms. The number of nitrogens with zero attached hydrogens (tertiary/aromatic N) is 1. The normalized spacial score (nSPS) is 15.5. The molecule has 2 amide bonds. The van der Waals surface area contributed by atoms with Gasteiger partial charge in [-0.1, -0.05) is 0 Å². The van der Waals surface area contributed by atoms with Crippen LogP contribution in [0.15, 0.2) is 48.7 Å². The average Bonchev–Trinajstić information content (AvgIpc) is 3.12. The number of carbonyl (C=O) groups excluding carboxylic acids is 1. The van der Waals surface area contributed by atoms with Gasteiger partial charge in [0.05, 0.1) is 7.11 Å². The third-order valence-corrected chi connectivity index (χ3v) is 5.48. The van der Waals surface area contributed by atoms with Gasteiger partial charge in [0.15, 0.2) is 0 Å². The third-order valence-electron chi connectivity index (χ3n) is 5.48. The molecule has 0 unspecified atom stereocenters. The Balaban J connectivity index is 1.47. The van der Waals surface area contributed by atoms with Crippen LogP contribution in [0.3, 0.4) is 0 Å². The molecule has 0 aliphatic carbocycles. The molecule has 2 heterocycles. The summed E-state index contributed by atoms with van der Waals surface area (Å²) in [4.78, 5) is 18.1. The molecule has 4 rings (SSSR count). The van der Waals surface area contributed by atoms with Crippen molar-refractivity contribution >= 4 is 28.3 Å². The van der Waals surface area contributed by atoms with Crippen LogP contribution in [-0.2, 0) is 0 Å². The minimum Gasteiger partial charge on any atom is -0.497 e. The molecule has 2 aromatic carbocycles. The SMILES string of the molecule is COc1ccc(NC(=O)Nc2ccc3[nH]cc(C4CCN(C)CC4)c3c2)cc1. The monoisotopic (exact) mass is 378 g/mol. The smallest absolute Gasteiger partial charge is 0.323 e. The fraction of sp³-hybridized carbons (Fsp3) is 0.318. The summed E-state index contributed by atoms with van der Waals surface area (Å²) in [6.45, 7) is 2.25. The molecule has 3 N–H and O–H groups in total. The van der Waals surface area contributed by atoms with Crippen molar-refractivity contribution < 1.29 is 9.53 Å². The molecule has 6 heteroatoms. The number of hydrogen-bond acceptors (Lipinski definition) is 3. The molecule has 1 saturated heterocycles. The van der Waals surface area contributed by atoms with E-state index in [1.54, 1.807) is 7.11 Å². The van der Waals surface area contributed by atoms with Crippen LogP contribution in [0.4, 0.5) is 16.2 Å². The molecule has 3 aromatic rings. The second kappa shape index (κ2) is 7.94. The molecule has 0 bridgehead atoms. The zero-order valence-electron chi connectivity index (χ0n) is 16.3. The molecule has 0 saturated carbocycles. The molecule has 0 radical (unpaired) electrons. The maximum atomic E-state index is 12.4. The Labute approximate surface area is 164 Å². The van der Waals surface area contributed by atoms with Crippen molar-refractivity contribution in [3.63, 3.8) is 0 Å². The number of urea groups is 1. The fourth-order valence-corrected chi connectivity index (χ4v) is 3.85. The number of fused-ring (bicyclic) bond motifs is 1. The standard InChI is InChI=1S/C22H26N4O2/c1-26-11-9-15(10-12-26)20-14-23-21-8-5-17(13-19(20)21)25-22(27)24-16-3-6-18(28-2)7-4-16/h3-8,13-15,23H,9-12H2,1-2H3,(H2,24,25,27). The van der Waals surface area contributed by atoms with E-state index in [1.165, 1.54) is 23.8 Å². The lowest BCUT2D eigenvalue weighted by Gasteiger charge is -2.28. The summed E-state index contributed by atoms with van der Waals surface area (Å²) in [5.41, 5.74) is 3.96. The summed E-state index contributed by atoms with van der Waals surface area (Å²) in [5.74, 6) is 1.32. The first kappa shape index (κ1) is 18.4. The topological polar surface area (TPSA) is 69.4 Å². The molecule has 0 atom stereocenters. The number of anilines is 2. The molecular formula is C22H26N4O2. The zero-order valence-corrected chi connectivity index (χ0v) is 16.3. The number of aromatic amines is 1. The van der Waals surface area contributed by atoms with E-state index >= 15 is 0 Å². The largest absolute Gasteiger partial charge is 0.497 e. The number of aromatic nitrogens is 1. The summed E-state index contributed by atoms with van der Waals surface area (Å²) in [7, 11) is 3.79. The Morgan fingerprint density at radius 1 is 1.07 bits per heavy atom. The van der Waals surface area contributed by atoms with Crippen molar-refractivity contribution in [2.75, 3.05) is 37.9 Å². The first-order valence-corrected chi connectivity index (χ1v) is 9.64. The second-order valence-electron chi connectivity index (χ2n) is 7.39. The third kappa shape index (κ3) is 3.97. The van der Waals surface area contributed by atoms with Gasteiger partial charge in [-0.05, 0) is 86.9 Å². The first-order valence-electron chi connectivity index (χ1n) is 9.64. The maximum absolute atomic E-state index is 12.4. The zero-order chi connectivity index (χ0) is 19.5. The number of carbonyl (C=O) groups is 1. The van der Waals surface area contributed by atoms with Gasteiger partial charge < -0.3 is 25.3 Å². The summed E-state index contributed by atoms with van der Waals surface area (Å²) in [6.07, 6.45) is 4.46. The predicted molar refractivity (Wildman–Crippen MR) is 113 cm³/mol. The van der Waals surface area contributed by atoms with Crippen LogP contribution < -0.4 is 15.4 Å². The number of likely N-dealkylation sites (tertiary alicyclic amines) is 1. The van der Waals surface area contributed by atoms with Gasteiger partial charge in [-0.3, -0.25) is 0 Å². The highest BCUT2D eigenvalue weighted by atomic mass is 16.5. The number of rotatable bonds is 4. The number of H-pyrrole nitrogens is 1. The summed E-state index contributed by atoms with van der Waals surface area (Å²) in [5, 5.41) is 6.97. The van der Waals surface area contributed by atoms with E-state index in [9.17, 15) is 4.79 Å². The van der Waals surface area contributed by atoms with Crippen molar-refractivity contribution in [3.8, 4) is 5.75 Å². The summed E-state index contributed by atoms with van der Waals surface area (Å²) >= 11 is 0. The molecule has 6 nitrogen and oxygen atoms in total. The number of hydrogen-bond donors (Lipinski definition) is 3. The number of methoxy groups -OCH3 is 1. The first-order chi connectivity index (χ1) is 13.6. The van der Waals surface area contributed by atoms with Gasteiger partial charge in [-0.25, -0.2) is 4.79 Å². The number of benzene rings is 2. The maximum Gasteiger partial charge on any atom is 0.323 e. The van der Waals surface area contributed by atoms with Gasteiger partial charge in [0.1, 0.15) is 5.75 Å². The summed E-state index contributed by atoms with van der Waals surface area (Å²) < 4.78 is 5.14. The van der Waals surface area contributed by atoms with E-state index < -0.39 is 0 Å². The number of amides is 2. The van der Waals surface area contributed by atoms with Crippen LogP contribution in [-0.4, -0.2) is 43.2 Å². The molecule has 1 fully saturated rings. The molecule has 1 aliphatic rings. The van der Waals surface area contributed by atoms with Gasteiger partial charge in [0, 0.05) is 28.5 Å². The van der Waals surface area contributed by atoms with Gasteiger partial charge in [-0.15, -0.1) is 0 Å². The van der Waals surface area contributed by atoms with E-state index in [-0.39, 0.29) is 6.03 Å². The Morgan fingerprint density at radius 3 is 2.46 bits per heavy atom. The molecule has 1 aliphatic heterocycles. The Morgan fingerprint density at radius 2 is 1.75 bits per heavy atom. The van der Waals surface area contributed by atoms with Crippen molar-refractivity contribution in [1.29, 1.82) is 0 Å². The molecule has 146 valence electrons. The van der Waals surface area contributed by atoms with Crippen LogP contribution in [0.2, 0.25) is 0 Å². The lowest BCUT2D eigenvalue weighted by molar-refractivity contribution is 0.256. The lowest BCUT2D eigenvalue weighted by atomic mass is 9.89. The lowest BCUT2D eigenvalue weighted by Crippen LogP contribution is -2.29. The Bertz CT molecular complexity index is 956. The van der Waals surface area contributed by atoms with Gasteiger partial charge >= 0.3 is 6.03 Å². The predicted octanol–water partition coefficient (Wildman–Crippen LogP) is 4.63. The molecular weight excluding hydrogens is 352 g/mol. The highest BCUT2D eigenvalue weighted by Crippen LogP contribution is 2.34. The van der Waals surface area contributed by atoms with E-state index in [4.69, 9.17) is 4.74 Å². The second-order valence-corrected chi connectivity index (χ2v) is 7.39. The van der Waals surface area contributed by atoms with Crippen molar-refractivity contribution in [1.82, 2.24) is 9.88 Å².